The average molecular weight is 475 g/mol. The zero-order valence-corrected chi connectivity index (χ0v) is 19.3. The van der Waals surface area contributed by atoms with Crippen molar-refractivity contribution in [3.63, 3.8) is 0 Å². The highest BCUT2D eigenvalue weighted by Gasteiger charge is 2.22. The molecule has 0 aliphatic rings. The number of benzene rings is 4. The van der Waals surface area contributed by atoms with Crippen LogP contribution in [0.2, 0.25) is 0 Å². The summed E-state index contributed by atoms with van der Waals surface area (Å²) in [4.78, 5) is 10.8. The summed E-state index contributed by atoms with van der Waals surface area (Å²) in [6, 6.07) is 22.5. The van der Waals surface area contributed by atoms with E-state index >= 15 is 0 Å². The van der Waals surface area contributed by atoms with E-state index < -0.39 is 20.6 Å². The van der Waals surface area contributed by atoms with Crippen LogP contribution in [0.4, 0.5) is 17.1 Å². The summed E-state index contributed by atoms with van der Waals surface area (Å²) in [6.07, 6.45) is 1.57. The summed E-state index contributed by atoms with van der Waals surface area (Å²) in [6.45, 7) is 3.69. The molecule has 0 unspecified atom stereocenters. The minimum absolute atomic E-state index is 0.0759. The molecule has 0 aliphatic carbocycles. The fraction of sp³-hybridized carbons (Fsp3) is 0.0800. The molecule has 0 spiro atoms. The Balaban J connectivity index is 1.60. The van der Waals surface area contributed by atoms with E-state index in [4.69, 9.17) is 0 Å². The lowest BCUT2D eigenvalue weighted by Crippen LogP contribution is -2.14. The first-order valence-electron chi connectivity index (χ1n) is 10.4. The Morgan fingerprint density at radius 3 is 2.41 bits per heavy atom. The third kappa shape index (κ3) is 4.89. The molecular weight excluding hydrogens is 452 g/mol. The summed E-state index contributed by atoms with van der Waals surface area (Å²) in [5, 5.41) is 17.8. The second kappa shape index (κ2) is 9.32. The maximum atomic E-state index is 12.9. The van der Waals surface area contributed by atoms with E-state index in [1.807, 2.05) is 55.5 Å². The number of hydrogen-bond donors (Lipinski definition) is 2. The molecule has 9 heteroatoms. The molecule has 0 atom stereocenters. The van der Waals surface area contributed by atoms with Gasteiger partial charge in [-0.05, 0) is 48.4 Å². The predicted octanol–water partition coefficient (Wildman–Crippen LogP) is 5.61. The van der Waals surface area contributed by atoms with Gasteiger partial charge in [-0.25, -0.2) is 8.42 Å². The van der Waals surface area contributed by atoms with E-state index in [9.17, 15) is 18.5 Å². The van der Waals surface area contributed by atoms with Gasteiger partial charge < -0.3 is 0 Å². The lowest BCUT2D eigenvalue weighted by molar-refractivity contribution is -0.384. The Morgan fingerprint density at radius 1 is 0.912 bits per heavy atom. The second-order valence-electron chi connectivity index (χ2n) is 7.80. The van der Waals surface area contributed by atoms with E-state index in [0.29, 0.717) is 5.69 Å². The van der Waals surface area contributed by atoms with Gasteiger partial charge in [-0.1, -0.05) is 60.2 Å². The first-order chi connectivity index (χ1) is 16.2. The van der Waals surface area contributed by atoms with E-state index in [1.165, 1.54) is 12.1 Å². The van der Waals surface area contributed by atoms with Crippen molar-refractivity contribution in [2.75, 3.05) is 10.1 Å². The van der Waals surface area contributed by atoms with Crippen LogP contribution >= 0.6 is 0 Å². The fourth-order valence-electron chi connectivity index (χ4n) is 3.59. The molecule has 4 aromatic carbocycles. The Hall–Kier alpha value is -4.24. The number of sulfonamides is 1. The normalized spacial score (nSPS) is 11.6. The van der Waals surface area contributed by atoms with Crippen molar-refractivity contribution in [3.05, 3.63) is 106 Å². The Labute approximate surface area is 197 Å². The van der Waals surface area contributed by atoms with Crippen LogP contribution in [0.15, 0.2) is 88.9 Å². The first kappa shape index (κ1) is 22.9. The number of nitrogens with one attached hydrogen (secondary N) is 2. The molecule has 0 amide bonds. The maximum absolute atomic E-state index is 12.9. The monoisotopic (exact) mass is 474 g/mol. The first-order valence-corrected chi connectivity index (χ1v) is 11.9. The van der Waals surface area contributed by atoms with E-state index in [-0.39, 0.29) is 10.6 Å². The van der Waals surface area contributed by atoms with Gasteiger partial charge in [0.15, 0.2) is 0 Å². The van der Waals surface area contributed by atoms with Crippen LogP contribution in [-0.4, -0.2) is 19.6 Å². The average Bonchev–Trinajstić information content (AvgIpc) is 2.81. The number of anilines is 2. The minimum atomic E-state index is -4.03. The van der Waals surface area contributed by atoms with E-state index in [1.54, 1.807) is 25.3 Å². The smallest absolute Gasteiger partial charge is 0.279 e. The fourth-order valence-corrected chi connectivity index (χ4v) is 4.74. The molecule has 0 saturated heterocycles. The van der Waals surface area contributed by atoms with Crippen molar-refractivity contribution in [1.82, 2.24) is 0 Å². The van der Waals surface area contributed by atoms with Crippen LogP contribution in [0.1, 0.15) is 16.7 Å². The van der Waals surface area contributed by atoms with Gasteiger partial charge in [0.1, 0.15) is 5.69 Å². The van der Waals surface area contributed by atoms with Crippen molar-refractivity contribution in [2.45, 2.75) is 18.7 Å². The maximum Gasteiger partial charge on any atom is 0.295 e. The number of nitro benzene ring substituents is 1. The second-order valence-corrected chi connectivity index (χ2v) is 9.48. The van der Waals surface area contributed by atoms with Crippen LogP contribution in [0, 0.1) is 24.0 Å². The molecule has 2 N–H and O–H groups in total. The summed E-state index contributed by atoms with van der Waals surface area (Å²) < 4.78 is 28.2. The molecule has 0 aliphatic heterocycles. The summed E-state index contributed by atoms with van der Waals surface area (Å²) >= 11 is 0. The SMILES string of the molecule is Cc1ccc(NS(=O)(=O)c2ccc(NN=Cc3cccc4ccccc34)c([N+](=O)[O-])c2)c(C)c1. The van der Waals surface area contributed by atoms with Crippen LogP contribution in [-0.2, 0) is 10.0 Å². The molecule has 0 radical (unpaired) electrons. The van der Waals surface area contributed by atoms with Crippen molar-refractivity contribution in [1.29, 1.82) is 0 Å². The number of nitrogens with zero attached hydrogens (tertiary/aromatic N) is 2. The number of hydrogen-bond acceptors (Lipinski definition) is 6. The van der Waals surface area contributed by atoms with Gasteiger partial charge >= 0.3 is 0 Å². The molecule has 34 heavy (non-hydrogen) atoms. The number of fused-ring (bicyclic) bond motifs is 1. The lowest BCUT2D eigenvalue weighted by Gasteiger charge is -2.12. The van der Waals surface area contributed by atoms with Gasteiger partial charge in [0, 0.05) is 11.6 Å². The number of nitro groups is 1. The van der Waals surface area contributed by atoms with Crippen molar-refractivity contribution >= 4 is 44.1 Å². The number of hydrazone groups is 1. The third-order valence-corrected chi connectivity index (χ3v) is 6.68. The highest BCUT2D eigenvalue weighted by atomic mass is 32.2. The molecule has 0 bridgehead atoms. The summed E-state index contributed by atoms with van der Waals surface area (Å²) in [5.41, 5.74) is 5.33. The van der Waals surface area contributed by atoms with Crippen molar-refractivity contribution in [2.24, 2.45) is 5.10 Å². The van der Waals surface area contributed by atoms with E-state index in [0.717, 1.165) is 33.5 Å². The summed E-state index contributed by atoms with van der Waals surface area (Å²) in [5.74, 6) is 0. The molecule has 172 valence electrons. The Kier molecular flexibility index (Phi) is 6.29. The van der Waals surface area contributed by atoms with Crippen LogP contribution < -0.4 is 10.1 Å². The molecule has 4 rings (SSSR count). The zero-order chi connectivity index (χ0) is 24.3. The zero-order valence-electron chi connectivity index (χ0n) is 18.5. The highest BCUT2D eigenvalue weighted by molar-refractivity contribution is 7.92. The molecule has 8 nitrogen and oxygen atoms in total. The number of aryl methyl sites for hydroxylation is 2. The highest BCUT2D eigenvalue weighted by Crippen LogP contribution is 2.29. The van der Waals surface area contributed by atoms with Gasteiger partial charge in [0.05, 0.1) is 21.7 Å². The summed E-state index contributed by atoms with van der Waals surface area (Å²) in [7, 11) is -4.03. The van der Waals surface area contributed by atoms with Gasteiger partial charge in [0.25, 0.3) is 15.7 Å². The van der Waals surface area contributed by atoms with Crippen LogP contribution in [0.25, 0.3) is 10.8 Å². The molecule has 0 fully saturated rings. The van der Waals surface area contributed by atoms with Crippen LogP contribution in [0.3, 0.4) is 0 Å². The van der Waals surface area contributed by atoms with E-state index in [2.05, 4.69) is 15.2 Å². The van der Waals surface area contributed by atoms with Gasteiger partial charge in [-0.15, -0.1) is 0 Å². The van der Waals surface area contributed by atoms with Crippen molar-refractivity contribution in [3.8, 4) is 0 Å². The topological polar surface area (TPSA) is 114 Å². The molecule has 0 aromatic heterocycles. The standard InChI is InChI=1S/C25H22N4O4S/c1-17-10-12-23(18(2)14-17)28-34(32,33)21-11-13-24(25(15-21)29(30)31)27-26-16-20-8-5-7-19-6-3-4-9-22(19)20/h3-16,27-28H,1-2H3. The van der Waals surface area contributed by atoms with Gasteiger partial charge in [-0.3, -0.25) is 20.3 Å². The quantitative estimate of drug-likeness (QED) is 0.205. The minimum Gasteiger partial charge on any atom is -0.279 e. The molecule has 0 saturated carbocycles. The number of rotatable bonds is 7. The Bertz CT molecular complexity index is 1530. The largest absolute Gasteiger partial charge is 0.295 e. The predicted molar refractivity (Wildman–Crippen MR) is 135 cm³/mol. The molecule has 4 aromatic rings. The van der Waals surface area contributed by atoms with Crippen molar-refractivity contribution < 1.29 is 13.3 Å². The lowest BCUT2D eigenvalue weighted by atomic mass is 10.1. The molecule has 0 heterocycles. The third-order valence-electron chi connectivity index (χ3n) is 5.31. The van der Waals surface area contributed by atoms with Gasteiger partial charge in [0.2, 0.25) is 0 Å². The molecular formula is C25H22N4O4S. The van der Waals surface area contributed by atoms with Crippen LogP contribution in [0.5, 0.6) is 0 Å². The Morgan fingerprint density at radius 2 is 1.65 bits per heavy atom. The van der Waals surface area contributed by atoms with Gasteiger partial charge in [-0.2, -0.15) is 5.10 Å².